The number of rotatable bonds is 5. The molecule has 2 aromatic rings. The van der Waals surface area contributed by atoms with Crippen molar-refractivity contribution in [2.75, 3.05) is 19.6 Å². The molecule has 0 bridgehead atoms. The second kappa shape index (κ2) is 7.59. The zero-order chi connectivity index (χ0) is 17.1. The zero-order valence-corrected chi connectivity index (χ0v) is 14.8. The summed E-state index contributed by atoms with van der Waals surface area (Å²) in [6.07, 6.45) is 7.55. The lowest BCUT2D eigenvalue weighted by atomic mass is 9.97. The second-order valence-electron chi connectivity index (χ2n) is 7.43. The molecule has 134 valence electrons. The van der Waals surface area contributed by atoms with E-state index in [-0.39, 0.29) is 0 Å². The highest BCUT2D eigenvalue weighted by atomic mass is 15.4. The first-order valence-electron chi connectivity index (χ1n) is 9.31. The van der Waals surface area contributed by atoms with Crippen molar-refractivity contribution >= 4 is 0 Å². The minimum atomic E-state index is 0.566. The molecule has 0 amide bonds. The average molecular weight is 341 g/mol. The van der Waals surface area contributed by atoms with E-state index in [9.17, 15) is 0 Å². The van der Waals surface area contributed by atoms with E-state index in [1.54, 1.807) is 6.20 Å². The molecule has 0 aromatic carbocycles. The summed E-state index contributed by atoms with van der Waals surface area (Å²) in [5.74, 6) is 0.638. The van der Waals surface area contributed by atoms with Crippen LogP contribution in [-0.4, -0.2) is 56.6 Å². The molecule has 2 aromatic heterocycles. The molecule has 7 nitrogen and oxygen atoms in total. The van der Waals surface area contributed by atoms with Gasteiger partial charge >= 0.3 is 0 Å². The van der Waals surface area contributed by atoms with Gasteiger partial charge in [-0.2, -0.15) is 0 Å². The molecule has 25 heavy (non-hydrogen) atoms. The Morgan fingerprint density at radius 3 is 2.96 bits per heavy atom. The van der Waals surface area contributed by atoms with Crippen LogP contribution in [0.4, 0.5) is 0 Å². The number of piperidine rings is 1. The van der Waals surface area contributed by atoms with E-state index in [1.807, 2.05) is 29.1 Å². The quantitative estimate of drug-likeness (QED) is 0.854. The van der Waals surface area contributed by atoms with Gasteiger partial charge in [0.05, 0.1) is 11.9 Å². The van der Waals surface area contributed by atoms with Gasteiger partial charge in [-0.3, -0.25) is 20.5 Å². The zero-order valence-electron chi connectivity index (χ0n) is 14.8. The fourth-order valence-electron chi connectivity index (χ4n) is 3.99. The highest BCUT2D eigenvalue weighted by Gasteiger charge is 2.26. The minimum absolute atomic E-state index is 0.566. The Kier molecular flexibility index (Phi) is 5.05. The molecular formula is C18H27N7. The summed E-state index contributed by atoms with van der Waals surface area (Å²) in [5, 5.41) is 8.59. The molecule has 4 rings (SSSR count). The average Bonchev–Trinajstić information content (AvgIpc) is 3.25. The molecule has 2 aliphatic heterocycles. The van der Waals surface area contributed by atoms with E-state index >= 15 is 0 Å². The maximum absolute atomic E-state index is 4.35. The maximum Gasteiger partial charge on any atom is 0.131 e. The van der Waals surface area contributed by atoms with Crippen LogP contribution >= 0.6 is 0 Å². The molecule has 7 heteroatoms. The molecule has 3 atom stereocenters. The molecular weight excluding hydrogens is 314 g/mol. The Hall–Kier alpha value is -1.83. The predicted octanol–water partition coefficient (Wildman–Crippen LogP) is 1.31. The smallest absolute Gasteiger partial charge is 0.131 e. The van der Waals surface area contributed by atoms with Gasteiger partial charge in [-0.15, -0.1) is 5.10 Å². The lowest BCUT2D eigenvalue weighted by molar-refractivity contribution is 0.148. The van der Waals surface area contributed by atoms with E-state index in [0.29, 0.717) is 18.0 Å². The Morgan fingerprint density at radius 2 is 2.16 bits per heavy atom. The van der Waals surface area contributed by atoms with E-state index in [2.05, 4.69) is 38.0 Å². The van der Waals surface area contributed by atoms with Gasteiger partial charge in [0.15, 0.2) is 0 Å². The normalized spacial score (nSPS) is 27.6. The van der Waals surface area contributed by atoms with Crippen molar-refractivity contribution < 1.29 is 0 Å². The van der Waals surface area contributed by atoms with Gasteiger partial charge in [-0.25, -0.2) is 0 Å². The summed E-state index contributed by atoms with van der Waals surface area (Å²) < 4.78 is 1.98. The summed E-state index contributed by atoms with van der Waals surface area (Å²) in [6, 6.07) is 7.01. The SMILES string of the molecule is CC1CC(CN2CCCC(Cn3cc(-c4ccccn4)nn3)C2)NN1. The van der Waals surface area contributed by atoms with Crippen LogP contribution in [0, 0.1) is 5.92 Å². The van der Waals surface area contributed by atoms with Crippen molar-refractivity contribution in [2.45, 2.75) is 44.8 Å². The van der Waals surface area contributed by atoms with E-state index in [4.69, 9.17) is 0 Å². The second-order valence-corrected chi connectivity index (χ2v) is 7.43. The molecule has 2 N–H and O–H groups in total. The van der Waals surface area contributed by atoms with Crippen LogP contribution in [0.5, 0.6) is 0 Å². The first-order valence-corrected chi connectivity index (χ1v) is 9.31. The minimum Gasteiger partial charge on any atom is -0.301 e. The number of hydrogen-bond acceptors (Lipinski definition) is 6. The van der Waals surface area contributed by atoms with Gasteiger partial charge in [0, 0.05) is 37.9 Å². The third-order valence-corrected chi connectivity index (χ3v) is 5.16. The molecule has 2 aliphatic rings. The van der Waals surface area contributed by atoms with Gasteiger partial charge in [0.2, 0.25) is 0 Å². The summed E-state index contributed by atoms with van der Waals surface area (Å²) in [4.78, 5) is 6.95. The van der Waals surface area contributed by atoms with E-state index < -0.39 is 0 Å². The van der Waals surface area contributed by atoms with Gasteiger partial charge in [-0.1, -0.05) is 11.3 Å². The topological polar surface area (TPSA) is 70.9 Å². The summed E-state index contributed by atoms with van der Waals surface area (Å²) in [5.41, 5.74) is 8.47. The van der Waals surface area contributed by atoms with Crippen LogP contribution in [-0.2, 0) is 6.54 Å². The fourth-order valence-corrected chi connectivity index (χ4v) is 3.99. The van der Waals surface area contributed by atoms with Crippen molar-refractivity contribution in [3.8, 4) is 11.4 Å². The molecule has 0 saturated carbocycles. The van der Waals surface area contributed by atoms with Crippen molar-refractivity contribution in [2.24, 2.45) is 5.92 Å². The van der Waals surface area contributed by atoms with Gasteiger partial charge in [0.1, 0.15) is 5.69 Å². The standard InChI is InChI=1S/C18H27N7/c1-14-9-16(21-20-14)12-24-8-4-5-15(10-24)11-25-13-18(22-23-25)17-6-2-3-7-19-17/h2-3,6-7,13-16,20-21H,4-5,8-12H2,1H3. The first-order chi connectivity index (χ1) is 12.3. The number of nitrogens with zero attached hydrogens (tertiary/aromatic N) is 5. The predicted molar refractivity (Wildman–Crippen MR) is 96.6 cm³/mol. The van der Waals surface area contributed by atoms with Gasteiger partial charge in [0.25, 0.3) is 0 Å². The number of nitrogens with one attached hydrogen (secondary N) is 2. The third-order valence-electron chi connectivity index (χ3n) is 5.16. The third kappa shape index (κ3) is 4.23. The Bertz CT molecular complexity index is 671. The van der Waals surface area contributed by atoms with Crippen LogP contribution in [0.1, 0.15) is 26.2 Å². The van der Waals surface area contributed by atoms with Crippen LogP contribution < -0.4 is 10.9 Å². The summed E-state index contributed by atoms with van der Waals surface area (Å²) in [6.45, 7) is 6.65. The highest BCUT2D eigenvalue weighted by Crippen LogP contribution is 2.20. The molecule has 2 saturated heterocycles. The number of hydrogen-bond donors (Lipinski definition) is 2. The molecule has 0 spiro atoms. The highest BCUT2D eigenvalue weighted by molar-refractivity contribution is 5.51. The molecule has 2 fully saturated rings. The molecule has 4 heterocycles. The Labute approximate surface area is 148 Å². The molecule has 0 radical (unpaired) electrons. The van der Waals surface area contributed by atoms with Crippen molar-refractivity contribution in [3.05, 3.63) is 30.6 Å². The number of pyridine rings is 1. The van der Waals surface area contributed by atoms with Gasteiger partial charge < -0.3 is 4.90 Å². The molecule has 0 aliphatic carbocycles. The first kappa shape index (κ1) is 16.6. The summed E-state index contributed by atoms with van der Waals surface area (Å²) in [7, 11) is 0. The lowest BCUT2D eigenvalue weighted by Gasteiger charge is -2.34. The summed E-state index contributed by atoms with van der Waals surface area (Å²) >= 11 is 0. The fraction of sp³-hybridized carbons (Fsp3) is 0.611. The number of hydrazine groups is 1. The number of likely N-dealkylation sites (tertiary alicyclic amines) is 1. The Balaban J connectivity index is 1.32. The van der Waals surface area contributed by atoms with Crippen LogP contribution in [0.2, 0.25) is 0 Å². The van der Waals surface area contributed by atoms with Crippen LogP contribution in [0.3, 0.4) is 0 Å². The van der Waals surface area contributed by atoms with Gasteiger partial charge in [-0.05, 0) is 50.8 Å². The Morgan fingerprint density at radius 1 is 1.20 bits per heavy atom. The van der Waals surface area contributed by atoms with E-state index in [0.717, 1.165) is 31.0 Å². The lowest BCUT2D eigenvalue weighted by Crippen LogP contribution is -2.45. The van der Waals surface area contributed by atoms with E-state index in [1.165, 1.54) is 25.8 Å². The van der Waals surface area contributed by atoms with Crippen molar-refractivity contribution in [1.29, 1.82) is 0 Å². The van der Waals surface area contributed by atoms with Crippen molar-refractivity contribution in [1.82, 2.24) is 35.7 Å². The van der Waals surface area contributed by atoms with Crippen LogP contribution in [0.25, 0.3) is 11.4 Å². The largest absolute Gasteiger partial charge is 0.301 e. The molecule has 3 unspecified atom stereocenters. The maximum atomic E-state index is 4.35. The number of aromatic nitrogens is 4. The van der Waals surface area contributed by atoms with Crippen LogP contribution in [0.15, 0.2) is 30.6 Å². The monoisotopic (exact) mass is 341 g/mol. The van der Waals surface area contributed by atoms with Crippen molar-refractivity contribution in [3.63, 3.8) is 0 Å².